The zero-order valence-corrected chi connectivity index (χ0v) is 12.2. The molecule has 0 fully saturated rings. The van der Waals surface area contributed by atoms with Crippen molar-refractivity contribution >= 4 is 0 Å². The Hall–Kier alpha value is -2.41. The minimum atomic E-state index is 0.349. The van der Waals surface area contributed by atoms with E-state index in [4.69, 9.17) is 0 Å². The van der Waals surface area contributed by atoms with Gasteiger partial charge < -0.3 is 0 Å². The third kappa shape index (κ3) is 3.38. The molecule has 0 N–H and O–H groups in total. The number of aryl methyl sites for hydroxylation is 1. The van der Waals surface area contributed by atoms with Gasteiger partial charge in [-0.3, -0.25) is 4.98 Å². The molecule has 3 aromatic rings. The molecule has 0 spiro atoms. The standard InChI is InChI=1S/C20H19N/c1-16-12-13-21-19(14-16)15-20(17-8-4-2-5-9-17)18-10-6-3-7-11-18/h2-14,20H,15H2,1H3. The summed E-state index contributed by atoms with van der Waals surface area (Å²) >= 11 is 0. The van der Waals surface area contributed by atoms with Gasteiger partial charge in [-0.25, -0.2) is 0 Å². The summed E-state index contributed by atoms with van der Waals surface area (Å²) in [6.07, 6.45) is 2.83. The first-order chi connectivity index (χ1) is 10.3. The van der Waals surface area contributed by atoms with Crippen molar-refractivity contribution in [1.29, 1.82) is 0 Å². The number of hydrogen-bond donors (Lipinski definition) is 0. The second-order valence-electron chi connectivity index (χ2n) is 5.40. The summed E-state index contributed by atoms with van der Waals surface area (Å²) in [7, 11) is 0. The zero-order valence-electron chi connectivity index (χ0n) is 12.2. The average Bonchev–Trinajstić information content (AvgIpc) is 2.54. The van der Waals surface area contributed by atoms with Crippen molar-refractivity contribution in [2.45, 2.75) is 19.3 Å². The molecule has 104 valence electrons. The Morgan fingerprint density at radius 1 is 0.810 bits per heavy atom. The molecule has 21 heavy (non-hydrogen) atoms. The lowest BCUT2D eigenvalue weighted by molar-refractivity contribution is 0.781. The predicted molar refractivity (Wildman–Crippen MR) is 87.4 cm³/mol. The van der Waals surface area contributed by atoms with Gasteiger partial charge >= 0.3 is 0 Å². The molecule has 1 nitrogen and oxygen atoms in total. The van der Waals surface area contributed by atoms with E-state index >= 15 is 0 Å². The Labute approximate surface area is 126 Å². The van der Waals surface area contributed by atoms with E-state index in [2.05, 4.69) is 78.6 Å². The molecule has 1 heteroatoms. The number of rotatable bonds is 4. The lowest BCUT2D eigenvalue weighted by Gasteiger charge is -2.18. The van der Waals surface area contributed by atoms with Crippen molar-refractivity contribution in [3.8, 4) is 0 Å². The Bertz CT molecular complexity index is 650. The fraction of sp³-hybridized carbons (Fsp3) is 0.150. The van der Waals surface area contributed by atoms with Crippen LogP contribution in [0.2, 0.25) is 0 Å². The normalized spacial score (nSPS) is 10.8. The molecule has 1 aromatic heterocycles. The maximum absolute atomic E-state index is 4.53. The molecular weight excluding hydrogens is 254 g/mol. The second-order valence-corrected chi connectivity index (χ2v) is 5.40. The molecule has 1 heterocycles. The summed E-state index contributed by atoms with van der Waals surface area (Å²) in [5, 5.41) is 0. The third-order valence-corrected chi connectivity index (χ3v) is 3.79. The molecule has 0 aliphatic carbocycles. The summed E-state index contributed by atoms with van der Waals surface area (Å²) in [6.45, 7) is 2.12. The van der Waals surface area contributed by atoms with Gasteiger partial charge in [-0.2, -0.15) is 0 Å². The van der Waals surface area contributed by atoms with Crippen LogP contribution in [0.3, 0.4) is 0 Å². The van der Waals surface area contributed by atoms with Crippen LogP contribution in [-0.4, -0.2) is 4.98 Å². The molecule has 3 rings (SSSR count). The van der Waals surface area contributed by atoms with Crippen LogP contribution in [0.4, 0.5) is 0 Å². The van der Waals surface area contributed by atoms with E-state index in [1.165, 1.54) is 16.7 Å². The zero-order chi connectivity index (χ0) is 14.5. The maximum atomic E-state index is 4.53. The number of benzene rings is 2. The first kappa shape index (κ1) is 13.6. The van der Waals surface area contributed by atoms with Crippen LogP contribution in [0.5, 0.6) is 0 Å². The highest BCUT2D eigenvalue weighted by atomic mass is 14.7. The summed E-state index contributed by atoms with van der Waals surface area (Å²) in [5.74, 6) is 0.349. The van der Waals surface area contributed by atoms with Gasteiger partial charge in [0, 0.05) is 24.2 Å². The third-order valence-electron chi connectivity index (χ3n) is 3.79. The van der Waals surface area contributed by atoms with Crippen molar-refractivity contribution in [1.82, 2.24) is 4.98 Å². The van der Waals surface area contributed by atoms with Crippen LogP contribution in [0.25, 0.3) is 0 Å². The first-order valence-corrected chi connectivity index (χ1v) is 7.34. The minimum absolute atomic E-state index is 0.349. The van der Waals surface area contributed by atoms with E-state index in [0.717, 1.165) is 12.1 Å². The van der Waals surface area contributed by atoms with Gasteiger partial charge in [0.15, 0.2) is 0 Å². The summed E-state index contributed by atoms with van der Waals surface area (Å²) in [6, 6.07) is 25.6. The van der Waals surface area contributed by atoms with Gasteiger partial charge in [0.25, 0.3) is 0 Å². The fourth-order valence-corrected chi connectivity index (χ4v) is 2.72. The molecule has 0 bridgehead atoms. The smallest absolute Gasteiger partial charge is 0.0415 e. The largest absolute Gasteiger partial charge is 0.261 e. The van der Waals surface area contributed by atoms with Crippen molar-refractivity contribution in [3.05, 3.63) is 101 Å². The highest BCUT2D eigenvalue weighted by Crippen LogP contribution is 2.27. The van der Waals surface area contributed by atoms with Gasteiger partial charge in [0.2, 0.25) is 0 Å². The van der Waals surface area contributed by atoms with Gasteiger partial charge in [-0.1, -0.05) is 60.7 Å². The van der Waals surface area contributed by atoms with Crippen LogP contribution in [-0.2, 0) is 6.42 Å². The molecule has 0 amide bonds. The van der Waals surface area contributed by atoms with Crippen LogP contribution in [0.15, 0.2) is 79.0 Å². The van der Waals surface area contributed by atoms with Gasteiger partial charge in [-0.15, -0.1) is 0 Å². The van der Waals surface area contributed by atoms with Crippen LogP contribution in [0, 0.1) is 6.92 Å². The number of pyridine rings is 1. The molecule has 0 aliphatic rings. The van der Waals surface area contributed by atoms with Crippen LogP contribution < -0.4 is 0 Å². The lowest BCUT2D eigenvalue weighted by Crippen LogP contribution is -2.06. The van der Waals surface area contributed by atoms with Crippen molar-refractivity contribution < 1.29 is 0 Å². The van der Waals surface area contributed by atoms with E-state index in [1.54, 1.807) is 0 Å². The van der Waals surface area contributed by atoms with Crippen molar-refractivity contribution in [2.75, 3.05) is 0 Å². The lowest BCUT2D eigenvalue weighted by atomic mass is 9.87. The molecule has 0 aliphatic heterocycles. The summed E-state index contributed by atoms with van der Waals surface area (Å²) in [5.41, 5.74) is 5.09. The van der Waals surface area contributed by atoms with Crippen LogP contribution in [0.1, 0.15) is 28.3 Å². The van der Waals surface area contributed by atoms with E-state index < -0.39 is 0 Å². The number of nitrogens with zero attached hydrogens (tertiary/aromatic N) is 1. The van der Waals surface area contributed by atoms with Crippen LogP contribution >= 0.6 is 0 Å². The Balaban J connectivity index is 1.97. The van der Waals surface area contributed by atoms with Crippen molar-refractivity contribution in [3.63, 3.8) is 0 Å². The van der Waals surface area contributed by atoms with E-state index in [-0.39, 0.29) is 0 Å². The molecule has 0 saturated carbocycles. The molecule has 0 saturated heterocycles. The second kappa shape index (κ2) is 6.36. The van der Waals surface area contributed by atoms with Gasteiger partial charge in [-0.05, 0) is 35.7 Å². The Morgan fingerprint density at radius 2 is 1.38 bits per heavy atom. The highest BCUT2D eigenvalue weighted by molar-refractivity contribution is 5.34. The van der Waals surface area contributed by atoms with E-state index in [0.29, 0.717) is 5.92 Å². The van der Waals surface area contributed by atoms with E-state index in [1.807, 2.05) is 12.3 Å². The Morgan fingerprint density at radius 3 is 1.90 bits per heavy atom. The number of aromatic nitrogens is 1. The monoisotopic (exact) mass is 273 g/mol. The number of hydrogen-bond acceptors (Lipinski definition) is 1. The minimum Gasteiger partial charge on any atom is -0.261 e. The molecule has 0 unspecified atom stereocenters. The molecule has 2 aromatic carbocycles. The molecule has 0 atom stereocenters. The highest BCUT2D eigenvalue weighted by Gasteiger charge is 2.15. The fourth-order valence-electron chi connectivity index (χ4n) is 2.72. The summed E-state index contributed by atoms with van der Waals surface area (Å²) < 4.78 is 0. The Kier molecular flexibility index (Phi) is 4.11. The van der Waals surface area contributed by atoms with Gasteiger partial charge in [0.1, 0.15) is 0 Å². The average molecular weight is 273 g/mol. The van der Waals surface area contributed by atoms with Gasteiger partial charge in [0.05, 0.1) is 0 Å². The SMILES string of the molecule is Cc1ccnc(CC(c2ccccc2)c2ccccc2)c1. The predicted octanol–water partition coefficient (Wildman–Crippen LogP) is 4.76. The topological polar surface area (TPSA) is 12.9 Å². The molecular formula is C20H19N. The maximum Gasteiger partial charge on any atom is 0.0415 e. The van der Waals surface area contributed by atoms with E-state index in [9.17, 15) is 0 Å². The first-order valence-electron chi connectivity index (χ1n) is 7.34. The molecule has 0 radical (unpaired) electrons. The van der Waals surface area contributed by atoms with Crippen molar-refractivity contribution in [2.24, 2.45) is 0 Å². The summed E-state index contributed by atoms with van der Waals surface area (Å²) in [4.78, 5) is 4.53. The quantitative estimate of drug-likeness (QED) is 0.667.